The largest absolute Gasteiger partial charge is 0.379 e. The highest BCUT2D eigenvalue weighted by Gasteiger charge is 2.40. The van der Waals surface area contributed by atoms with Crippen LogP contribution in [-0.4, -0.2) is 45.0 Å². The molecule has 1 N–H and O–H groups in total. The summed E-state index contributed by atoms with van der Waals surface area (Å²) >= 11 is 0. The third-order valence-electron chi connectivity index (χ3n) is 3.36. The molecule has 1 heterocycles. The number of quaternary nitrogens is 1. The lowest BCUT2D eigenvalue weighted by molar-refractivity contribution is -0.941. The third-order valence-corrected chi connectivity index (χ3v) is 3.36. The van der Waals surface area contributed by atoms with Crippen LogP contribution in [0, 0.1) is 11.3 Å². The van der Waals surface area contributed by atoms with E-state index in [0.717, 1.165) is 30.2 Å². The standard InChI is InChI=1S/C11H25N2O/c1-11(2,3)10-8-12-13(4,9-10)6-7-14-5/h10,12H,6-9H2,1-5H3/q+1. The number of hydrogen-bond donors (Lipinski definition) is 1. The third kappa shape index (κ3) is 2.94. The Labute approximate surface area is 88.0 Å². The van der Waals surface area contributed by atoms with Crippen molar-refractivity contribution in [2.24, 2.45) is 11.3 Å². The van der Waals surface area contributed by atoms with Crippen LogP contribution in [0.25, 0.3) is 0 Å². The van der Waals surface area contributed by atoms with Gasteiger partial charge in [0.2, 0.25) is 0 Å². The van der Waals surface area contributed by atoms with Gasteiger partial charge in [0.15, 0.2) is 0 Å². The second kappa shape index (κ2) is 4.17. The maximum atomic E-state index is 5.13. The number of likely N-dealkylation sites (N-methyl/N-ethyl adjacent to an activating group) is 1. The molecule has 0 bridgehead atoms. The summed E-state index contributed by atoms with van der Waals surface area (Å²) in [6.45, 7) is 11.2. The van der Waals surface area contributed by atoms with E-state index >= 15 is 0 Å². The SMILES string of the molecule is COCC[N+]1(C)CC(C(C)(C)C)CN1. The number of ether oxygens (including phenoxy) is 1. The lowest BCUT2D eigenvalue weighted by Gasteiger charge is -2.30. The molecule has 0 amide bonds. The molecule has 0 radical (unpaired) electrons. The molecule has 84 valence electrons. The Morgan fingerprint density at radius 3 is 2.50 bits per heavy atom. The molecule has 0 aromatic carbocycles. The average molecular weight is 201 g/mol. The molecule has 1 saturated heterocycles. The summed E-state index contributed by atoms with van der Waals surface area (Å²) in [6.07, 6.45) is 0. The van der Waals surface area contributed by atoms with Gasteiger partial charge in [-0.3, -0.25) is 0 Å². The fourth-order valence-corrected chi connectivity index (χ4v) is 1.99. The molecule has 0 aromatic rings. The van der Waals surface area contributed by atoms with Gasteiger partial charge in [-0.1, -0.05) is 20.8 Å². The Morgan fingerprint density at radius 1 is 1.43 bits per heavy atom. The Bertz CT molecular complexity index is 188. The van der Waals surface area contributed by atoms with Gasteiger partial charge >= 0.3 is 0 Å². The zero-order valence-corrected chi connectivity index (χ0v) is 10.3. The first-order chi connectivity index (χ1) is 6.37. The van der Waals surface area contributed by atoms with E-state index in [4.69, 9.17) is 4.74 Å². The lowest BCUT2D eigenvalue weighted by atomic mass is 9.81. The van der Waals surface area contributed by atoms with Gasteiger partial charge in [-0.15, -0.1) is 0 Å². The summed E-state index contributed by atoms with van der Waals surface area (Å²) in [5.41, 5.74) is 3.99. The molecule has 3 heteroatoms. The minimum absolute atomic E-state index is 0.413. The quantitative estimate of drug-likeness (QED) is 0.694. The highest BCUT2D eigenvalue weighted by molar-refractivity contribution is 4.77. The van der Waals surface area contributed by atoms with Crippen molar-refractivity contribution in [1.82, 2.24) is 5.43 Å². The highest BCUT2D eigenvalue weighted by Crippen LogP contribution is 2.30. The molecule has 0 spiro atoms. The van der Waals surface area contributed by atoms with Gasteiger partial charge in [0, 0.05) is 13.0 Å². The molecule has 1 aliphatic rings. The summed E-state index contributed by atoms with van der Waals surface area (Å²) in [4.78, 5) is 0. The van der Waals surface area contributed by atoms with Crippen LogP contribution in [0.5, 0.6) is 0 Å². The van der Waals surface area contributed by atoms with E-state index in [-0.39, 0.29) is 0 Å². The first kappa shape index (κ1) is 12.0. The Kier molecular flexibility index (Phi) is 3.56. The summed E-state index contributed by atoms with van der Waals surface area (Å²) in [5, 5.41) is 0. The van der Waals surface area contributed by atoms with E-state index in [2.05, 4.69) is 33.2 Å². The zero-order chi connectivity index (χ0) is 10.8. The minimum atomic E-state index is 0.413. The van der Waals surface area contributed by atoms with Crippen LogP contribution in [0.2, 0.25) is 0 Å². The van der Waals surface area contributed by atoms with Crippen LogP contribution in [0.4, 0.5) is 0 Å². The molecule has 1 aliphatic heterocycles. The van der Waals surface area contributed by atoms with Crippen molar-refractivity contribution in [2.75, 3.05) is 40.4 Å². The van der Waals surface area contributed by atoms with Gasteiger partial charge in [0.05, 0.1) is 20.2 Å². The Morgan fingerprint density at radius 2 is 2.07 bits per heavy atom. The molecule has 14 heavy (non-hydrogen) atoms. The second-order valence-electron chi connectivity index (χ2n) is 5.72. The van der Waals surface area contributed by atoms with Crippen molar-refractivity contribution in [3.8, 4) is 0 Å². The van der Waals surface area contributed by atoms with Gasteiger partial charge in [-0.05, 0) is 5.41 Å². The molecule has 3 nitrogen and oxygen atoms in total. The summed E-state index contributed by atoms with van der Waals surface area (Å²) in [5.74, 6) is 0.768. The monoisotopic (exact) mass is 201 g/mol. The second-order valence-corrected chi connectivity index (χ2v) is 5.72. The number of nitrogens with zero attached hydrogens (tertiary/aromatic N) is 1. The van der Waals surface area contributed by atoms with E-state index in [1.54, 1.807) is 7.11 Å². The molecule has 1 fully saturated rings. The van der Waals surface area contributed by atoms with Crippen molar-refractivity contribution in [2.45, 2.75) is 20.8 Å². The maximum Gasteiger partial charge on any atom is 0.120 e. The number of rotatable bonds is 3. The van der Waals surface area contributed by atoms with Crippen molar-refractivity contribution in [3.63, 3.8) is 0 Å². The normalized spacial score (nSPS) is 33.6. The molecular formula is C11H25N2O+. The van der Waals surface area contributed by atoms with Crippen molar-refractivity contribution < 1.29 is 9.33 Å². The van der Waals surface area contributed by atoms with Crippen LogP contribution in [0.1, 0.15) is 20.8 Å². The fraction of sp³-hybridized carbons (Fsp3) is 1.00. The lowest BCUT2D eigenvalue weighted by Crippen LogP contribution is -2.52. The molecule has 0 aromatic heterocycles. The Hall–Kier alpha value is -0.120. The number of nitrogens with one attached hydrogen (secondary N) is 1. The molecule has 2 atom stereocenters. The summed E-state index contributed by atoms with van der Waals surface area (Å²) in [6, 6.07) is 0. The topological polar surface area (TPSA) is 21.3 Å². The first-order valence-electron chi connectivity index (χ1n) is 5.46. The summed E-state index contributed by atoms with van der Waals surface area (Å²) in [7, 11) is 4.02. The number of hydrogen-bond acceptors (Lipinski definition) is 2. The van der Waals surface area contributed by atoms with Crippen molar-refractivity contribution >= 4 is 0 Å². The predicted octanol–water partition coefficient (Wildman–Crippen LogP) is 1.26. The van der Waals surface area contributed by atoms with Crippen LogP contribution in [-0.2, 0) is 4.74 Å². The molecule has 0 aliphatic carbocycles. The molecule has 2 unspecified atom stereocenters. The average Bonchev–Trinajstić information content (AvgIpc) is 2.45. The van der Waals surface area contributed by atoms with Gasteiger partial charge in [-0.25, -0.2) is 4.59 Å². The van der Waals surface area contributed by atoms with E-state index in [1.807, 2.05) is 0 Å². The predicted molar refractivity (Wildman–Crippen MR) is 58.7 cm³/mol. The zero-order valence-electron chi connectivity index (χ0n) is 10.3. The van der Waals surface area contributed by atoms with Gasteiger partial charge in [-0.2, -0.15) is 5.43 Å². The maximum absolute atomic E-state index is 5.13. The van der Waals surface area contributed by atoms with Gasteiger partial charge in [0.25, 0.3) is 0 Å². The first-order valence-corrected chi connectivity index (χ1v) is 5.46. The Balaban J connectivity index is 2.47. The van der Waals surface area contributed by atoms with E-state index in [1.165, 1.54) is 6.54 Å². The van der Waals surface area contributed by atoms with Crippen LogP contribution >= 0.6 is 0 Å². The van der Waals surface area contributed by atoms with Gasteiger partial charge in [0.1, 0.15) is 13.1 Å². The number of methoxy groups -OCH3 is 1. The molecule has 1 rings (SSSR count). The van der Waals surface area contributed by atoms with Crippen LogP contribution in [0.3, 0.4) is 0 Å². The van der Waals surface area contributed by atoms with E-state index in [9.17, 15) is 0 Å². The minimum Gasteiger partial charge on any atom is -0.379 e. The molecule has 0 saturated carbocycles. The van der Waals surface area contributed by atoms with Crippen LogP contribution < -0.4 is 5.43 Å². The highest BCUT2D eigenvalue weighted by atomic mass is 16.5. The fourth-order valence-electron chi connectivity index (χ4n) is 1.99. The van der Waals surface area contributed by atoms with E-state index < -0.39 is 0 Å². The van der Waals surface area contributed by atoms with Crippen molar-refractivity contribution in [1.29, 1.82) is 0 Å². The van der Waals surface area contributed by atoms with Gasteiger partial charge < -0.3 is 4.74 Å². The van der Waals surface area contributed by atoms with Crippen molar-refractivity contribution in [3.05, 3.63) is 0 Å². The van der Waals surface area contributed by atoms with Crippen LogP contribution in [0.15, 0.2) is 0 Å². The van der Waals surface area contributed by atoms with E-state index in [0.29, 0.717) is 5.41 Å². The summed E-state index contributed by atoms with van der Waals surface area (Å²) < 4.78 is 6.09. The smallest absolute Gasteiger partial charge is 0.120 e. The molecular weight excluding hydrogens is 176 g/mol.